The highest BCUT2D eigenvalue weighted by Crippen LogP contribution is 1.78. The maximum Gasteiger partial charge on any atom is 0.0688 e. The summed E-state index contributed by atoms with van der Waals surface area (Å²) < 4.78 is 0. The average molecular weight is 99.2 g/mol. The molecule has 0 rings (SSSR count). The van der Waals surface area contributed by atoms with Crippen molar-refractivity contribution in [2.24, 2.45) is 0 Å². The van der Waals surface area contributed by atoms with Gasteiger partial charge in [-0.2, -0.15) is 0 Å². The van der Waals surface area contributed by atoms with Gasteiger partial charge in [0, 0.05) is 0 Å². The molecule has 6 heavy (non-hydrogen) atoms. The number of hydrogen-bond acceptors (Lipinski definition) is 0. The van der Waals surface area contributed by atoms with Crippen LogP contribution in [-0.4, -0.2) is 8.80 Å². The molecule has 0 fully saturated rings. The van der Waals surface area contributed by atoms with Crippen LogP contribution in [0.5, 0.6) is 0 Å². The topological polar surface area (TPSA) is 0 Å². The molecule has 0 N–H and O–H groups in total. The molecule has 0 saturated carbocycles. The summed E-state index contributed by atoms with van der Waals surface area (Å²) in [5, 5.41) is 0. The van der Waals surface area contributed by atoms with Crippen molar-refractivity contribution in [3.63, 3.8) is 0 Å². The molecule has 0 atom stereocenters. The fraction of sp³-hybridized carbons (Fsp3) is 0.600. The summed E-state index contributed by atoms with van der Waals surface area (Å²) in [6, 6.07) is 0. The van der Waals surface area contributed by atoms with Gasteiger partial charge >= 0.3 is 0 Å². The second-order valence-electron chi connectivity index (χ2n) is 1.58. The summed E-state index contributed by atoms with van der Waals surface area (Å²) >= 11 is 0. The van der Waals surface area contributed by atoms with E-state index in [2.05, 4.69) is 31.8 Å². The summed E-state index contributed by atoms with van der Waals surface area (Å²) in [4.78, 5) is 0. The smallest absolute Gasteiger partial charge is 0.0688 e. The van der Waals surface area contributed by atoms with Gasteiger partial charge in [0.05, 0.1) is 8.80 Å². The molecule has 35 valence electrons. The Bertz CT molecular complexity index is 45.9. The monoisotopic (exact) mass is 99.1 g/mol. The predicted octanol–water partition coefficient (Wildman–Crippen LogP) is 1.86. The molecule has 0 nitrogen and oxygen atoms in total. The predicted molar refractivity (Wildman–Crippen MR) is 32.3 cm³/mol. The molecular weight excluding hydrogens is 88.1 g/mol. The first-order valence-corrected chi connectivity index (χ1v) is 4.78. The van der Waals surface area contributed by atoms with Gasteiger partial charge in [-0.05, 0) is 6.92 Å². The van der Waals surface area contributed by atoms with Crippen molar-refractivity contribution < 1.29 is 0 Å². The maximum atomic E-state index is 2.27. The quantitative estimate of drug-likeness (QED) is 0.440. The fourth-order valence-electron chi connectivity index (χ4n) is 0.333. The molecule has 0 aromatic carbocycles. The number of hydrogen-bond donors (Lipinski definition) is 0. The molecular formula is C5H11Si. The summed E-state index contributed by atoms with van der Waals surface area (Å²) in [6.45, 7) is 6.60. The molecule has 1 radical (unpaired) electrons. The standard InChI is InChI=1S/C5H11Si/c1-4-5-6(2)3/h4-5H,1-3H3/b5-4-. The van der Waals surface area contributed by atoms with Gasteiger partial charge in [0.2, 0.25) is 0 Å². The molecule has 0 aliphatic rings. The lowest BCUT2D eigenvalue weighted by Gasteiger charge is -1.83. The Morgan fingerprint density at radius 2 is 1.83 bits per heavy atom. The second-order valence-corrected chi connectivity index (χ2v) is 4.07. The summed E-state index contributed by atoms with van der Waals surface area (Å²) in [5.74, 6) is 0. The van der Waals surface area contributed by atoms with Crippen LogP contribution in [0, 0.1) is 0 Å². The van der Waals surface area contributed by atoms with Crippen LogP contribution in [0.2, 0.25) is 13.1 Å². The fourth-order valence-corrected chi connectivity index (χ4v) is 1.00. The first-order chi connectivity index (χ1) is 2.77. The van der Waals surface area contributed by atoms with Gasteiger partial charge < -0.3 is 0 Å². The largest absolute Gasteiger partial charge is 0.101 e. The van der Waals surface area contributed by atoms with Crippen molar-refractivity contribution in [2.45, 2.75) is 20.0 Å². The molecule has 0 heterocycles. The van der Waals surface area contributed by atoms with Crippen molar-refractivity contribution in [3.05, 3.63) is 11.8 Å². The van der Waals surface area contributed by atoms with E-state index in [1.807, 2.05) is 0 Å². The summed E-state index contributed by atoms with van der Waals surface area (Å²) in [5.41, 5.74) is 2.27. The molecule has 0 amide bonds. The van der Waals surface area contributed by atoms with Gasteiger partial charge in [0.15, 0.2) is 0 Å². The minimum Gasteiger partial charge on any atom is -0.101 e. The highest BCUT2D eigenvalue weighted by molar-refractivity contribution is 6.61. The Morgan fingerprint density at radius 1 is 1.33 bits per heavy atom. The normalized spacial score (nSPS) is 11.3. The third-order valence-corrected chi connectivity index (χ3v) is 1.50. The van der Waals surface area contributed by atoms with E-state index in [1.54, 1.807) is 0 Å². The van der Waals surface area contributed by atoms with Crippen LogP contribution < -0.4 is 0 Å². The minimum absolute atomic E-state index is 0.0661. The van der Waals surface area contributed by atoms with Gasteiger partial charge in [0.1, 0.15) is 0 Å². The molecule has 0 aliphatic carbocycles. The third-order valence-electron chi connectivity index (χ3n) is 0.500. The van der Waals surface area contributed by atoms with E-state index >= 15 is 0 Å². The zero-order chi connectivity index (χ0) is 4.99. The van der Waals surface area contributed by atoms with E-state index in [1.165, 1.54) is 0 Å². The van der Waals surface area contributed by atoms with E-state index < -0.39 is 0 Å². The molecule has 0 aromatic heterocycles. The van der Waals surface area contributed by atoms with Crippen molar-refractivity contribution >= 4 is 8.80 Å². The zero-order valence-electron chi connectivity index (χ0n) is 4.65. The van der Waals surface area contributed by atoms with Gasteiger partial charge in [-0.25, -0.2) is 0 Å². The Hall–Kier alpha value is -0.0431. The van der Waals surface area contributed by atoms with Crippen LogP contribution >= 0.6 is 0 Å². The highest BCUT2D eigenvalue weighted by atomic mass is 28.3. The summed E-state index contributed by atoms with van der Waals surface area (Å²) in [7, 11) is -0.0661. The lowest BCUT2D eigenvalue weighted by molar-refractivity contribution is 1.76. The van der Waals surface area contributed by atoms with Crippen molar-refractivity contribution in [1.82, 2.24) is 0 Å². The van der Waals surface area contributed by atoms with Gasteiger partial charge in [-0.15, -0.1) is 5.70 Å². The second kappa shape index (κ2) is 3.16. The first-order valence-electron chi connectivity index (χ1n) is 2.20. The molecule has 0 bridgehead atoms. The van der Waals surface area contributed by atoms with E-state index in [9.17, 15) is 0 Å². The van der Waals surface area contributed by atoms with Gasteiger partial charge in [-0.3, -0.25) is 0 Å². The van der Waals surface area contributed by atoms with Crippen LogP contribution in [0.1, 0.15) is 6.92 Å². The van der Waals surface area contributed by atoms with Gasteiger partial charge in [0.25, 0.3) is 0 Å². The first kappa shape index (κ1) is 5.96. The third kappa shape index (κ3) is 3.96. The van der Waals surface area contributed by atoms with Crippen LogP contribution in [0.25, 0.3) is 0 Å². The van der Waals surface area contributed by atoms with E-state index in [4.69, 9.17) is 0 Å². The lowest BCUT2D eigenvalue weighted by atomic mass is 10.8. The summed E-state index contributed by atoms with van der Waals surface area (Å²) in [6.07, 6.45) is 2.12. The van der Waals surface area contributed by atoms with Crippen molar-refractivity contribution in [3.8, 4) is 0 Å². The van der Waals surface area contributed by atoms with Crippen LogP contribution in [0.15, 0.2) is 11.8 Å². The van der Waals surface area contributed by atoms with Crippen LogP contribution in [0.4, 0.5) is 0 Å². The van der Waals surface area contributed by atoms with Crippen LogP contribution in [-0.2, 0) is 0 Å². The molecule has 0 spiro atoms. The lowest BCUT2D eigenvalue weighted by Crippen LogP contribution is -1.90. The van der Waals surface area contributed by atoms with E-state index in [0.29, 0.717) is 0 Å². The Kier molecular flexibility index (Phi) is 3.14. The zero-order valence-corrected chi connectivity index (χ0v) is 5.65. The highest BCUT2D eigenvalue weighted by Gasteiger charge is 1.80. The van der Waals surface area contributed by atoms with Crippen LogP contribution in [0.3, 0.4) is 0 Å². The average Bonchev–Trinajstić information content (AvgIpc) is 1.35. The van der Waals surface area contributed by atoms with E-state index in [-0.39, 0.29) is 8.80 Å². The molecule has 0 saturated heterocycles. The SMILES string of the molecule is C/C=C\[Si](C)C. The maximum absolute atomic E-state index is 2.27. The van der Waals surface area contributed by atoms with Crippen molar-refractivity contribution in [2.75, 3.05) is 0 Å². The Morgan fingerprint density at radius 3 is 1.83 bits per heavy atom. The Labute approximate surface area is 41.5 Å². The number of allylic oxidation sites excluding steroid dienone is 1. The number of rotatable bonds is 1. The molecule has 0 aromatic rings. The molecule has 0 unspecified atom stereocenters. The molecule has 0 aliphatic heterocycles. The minimum atomic E-state index is -0.0661. The van der Waals surface area contributed by atoms with Gasteiger partial charge in [-0.1, -0.05) is 19.2 Å². The van der Waals surface area contributed by atoms with Crippen molar-refractivity contribution in [1.29, 1.82) is 0 Å². The van der Waals surface area contributed by atoms with E-state index in [0.717, 1.165) is 0 Å². The molecule has 1 heteroatoms. The Balaban J connectivity index is 3.03.